The van der Waals surface area contributed by atoms with Crippen LogP contribution in [-0.2, 0) is 15.9 Å². The van der Waals surface area contributed by atoms with Gasteiger partial charge >= 0.3 is 5.97 Å². The van der Waals surface area contributed by atoms with Crippen molar-refractivity contribution >= 4 is 5.97 Å². The van der Waals surface area contributed by atoms with Crippen LogP contribution in [0.1, 0.15) is 42.1 Å². The molecule has 1 aliphatic rings. The molecule has 0 spiro atoms. The van der Waals surface area contributed by atoms with E-state index >= 15 is 0 Å². The van der Waals surface area contributed by atoms with Crippen LogP contribution in [0.4, 0.5) is 0 Å². The van der Waals surface area contributed by atoms with Crippen LogP contribution in [0.25, 0.3) is 0 Å². The van der Waals surface area contributed by atoms with Crippen LogP contribution < -0.4 is 0 Å². The van der Waals surface area contributed by atoms with E-state index in [1.54, 1.807) is 0 Å². The number of carbonyl (C=O) groups excluding carboxylic acids is 1. The second kappa shape index (κ2) is 6.55. The maximum atomic E-state index is 11.5. The molecule has 0 radical (unpaired) electrons. The van der Waals surface area contributed by atoms with Crippen molar-refractivity contribution in [1.29, 1.82) is 0 Å². The SMILES string of the molecule is CCOC(=O)c1ccc(CC[C@@H]2CCCO2)cc1. The Hall–Kier alpha value is -1.35. The van der Waals surface area contributed by atoms with Gasteiger partial charge in [0.1, 0.15) is 0 Å². The van der Waals surface area contributed by atoms with Gasteiger partial charge in [-0.2, -0.15) is 0 Å². The maximum absolute atomic E-state index is 11.5. The second-order valence-electron chi connectivity index (χ2n) is 4.59. The lowest BCUT2D eigenvalue weighted by Crippen LogP contribution is -2.07. The summed E-state index contributed by atoms with van der Waals surface area (Å²) >= 11 is 0. The van der Waals surface area contributed by atoms with E-state index in [2.05, 4.69) is 0 Å². The highest BCUT2D eigenvalue weighted by atomic mass is 16.5. The highest BCUT2D eigenvalue weighted by molar-refractivity contribution is 5.89. The molecule has 98 valence electrons. The van der Waals surface area contributed by atoms with Gasteiger partial charge in [-0.05, 0) is 50.3 Å². The van der Waals surface area contributed by atoms with Crippen LogP contribution in [0.3, 0.4) is 0 Å². The maximum Gasteiger partial charge on any atom is 0.338 e. The smallest absolute Gasteiger partial charge is 0.338 e. The van der Waals surface area contributed by atoms with Gasteiger partial charge in [-0.3, -0.25) is 0 Å². The summed E-state index contributed by atoms with van der Waals surface area (Å²) in [4.78, 5) is 11.5. The predicted octanol–water partition coefficient (Wildman–Crippen LogP) is 2.97. The molecule has 2 rings (SSSR count). The van der Waals surface area contributed by atoms with Crippen LogP contribution in [0, 0.1) is 0 Å². The molecule has 1 heterocycles. The molecule has 3 heteroatoms. The van der Waals surface area contributed by atoms with Gasteiger partial charge in [0.25, 0.3) is 0 Å². The average Bonchev–Trinajstić information content (AvgIpc) is 2.90. The third-order valence-corrected chi connectivity index (χ3v) is 3.24. The summed E-state index contributed by atoms with van der Waals surface area (Å²) in [6.45, 7) is 3.14. The van der Waals surface area contributed by atoms with Gasteiger partial charge < -0.3 is 9.47 Å². The number of esters is 1. The van der Waals surface area contributed by atoms with E-state index in [1.165, 1.54) is 18.4 Å². The first-order chi connectivity index (χ1) is 8.79. The van der Waals surface area contributed by atoms with Crippen LogP contribution in [0.2, 0.25) is 0 Å². The molecule has 1 aromatic carbocycles. The number of benzene rings is 1. The largest absolute Gasteiger partial charge is 0.462 e. The van der Waals surface area contributed by atoms with Crippen molar-refractivity contribution in [3.8, 4) is 0 Å². The lowest BCUT2D eigenvalue weighted by Gasteiger charge is -2.09. The third kappa shape index (κ3) is 3.57. The zero-order valence-corrected chi connectivity index (χ0v) is 10.9. The molecule has 1 atom stereocenters. The average molecular weight is 248 g/mol. The third-order valence-electron chi connectivity index (χ3n) is 3.24. The first-order valence-electron chi connectivity index (χ1n) is 6.67. The number of hydrogen-bond donors (Lipinski definition) is 0. The van der Waals surface area contributed by atoms with E-state index in [9.17, 15) is 4.79 Å². The highest BCUT2D eigenvalue weighted by Gasteiger charge is 2.15. The molecule has 1 fully saturated rings. The number of hydrogen-bond acceptors (Lipinski definition) is 3. The minimum atomic E-state index is -0.247. The van der Waals surface area contributed by atoms with Crippen LogP contribution in [0.15, 0.2) is 24.3 Å². The predicted molar refractivity (Wildman–Crippen MR) is 69.7 cm³/mol. The molecule has 18 heavy (non-hydrogen) atoms. The molecule has 0 amide bonds. The molecule has 0 unspecified atom stereocenters. The van der Waals surface area contributed by atoms with Gasteiger partial charge in [0, 0.05) is 6.61 Å². The van der Waals surface area contributed by atoms with Crippen LogP contribution in [0.5, 0.6) is 0 Å². The van der Waals surface area contributed by atoms with Crippen molar-refractivity contribution in [2.75, 3.05) is 13.2 Å². The summed E-state index contributed by atoms with van der Waals surface area (Å²) < 4.78 is 10.5. The normalized spacial score (nSPS) is 18.8. The van der Waals surface area contributed by atoms with Gasteiger partial charge in [0.15, 0.2) is 0 Å². The fourth-order valence-electron chi connectivity index (χ4n) is 2.22. The fraction of sp³-hybridized carbons (Fsp3) is 0.533. The fourth-order valence-corrected chi connectivity index (χ4v) is 2.22. The molecular formula is C15H20O3. The first kappa shape index (κ1) is 13.1. The quantitative estimate of drug-likeness (QED) is 0.751. The summed E-state index contributed by atoms with van der Waals surface area (Å²) in [5.41, 5.74) is 1.87. The van der Waals surface area contributed by atoms with Crippen molar-refractivity contribution in [3.05, 3.63) is 35.4 Å². The van der Waals surface area contributed by atoms with E-state index in [1.807, 2.05) is 31.2 Å². The van der Waals surface area contributed by atoms with Crippen molar-refractivity contribution < 1.29 is 14.3 Å². The summed E-state index contributed by atoms with van der Waals surface area (Å²) in [6, 6.07) is 7.67. The molecule has 1 aliphatic heterocycles. The Morgan fingerprint density at radius 3 is 2.78 bits per heavy atom. The molecule has 0 saturated carbocycles. The van der Waals surface area contributed by atoms with E-state index < -0.39 is 0 Å². The molecule has 0 aromatic heterocycles. The summed E-state index contributed by atoms with van der Waals surface area (Å²) in [5.74, 6) is -0.247. The lowest BCUT2D eigenvalue weighted by atomic mass is 10.0. The Labute approximate surface area is 108 Å². The Morgan fingerprint density at radius 1 is 1.39 bits per heavy atom. The Balaban J connectivity index is 1.85. The molecule has 1 saturated heterocycles. The highest BCUT2D eigenvalue weighted by Crippen LogP contribution is 2.18. The Kier molecular flexibility index (Phi) is 4.76. The zero-order chi connectivity index (χ0) is 12.8. The topological polar surface area (TPSA) is 35.5 Å². The minimum absolute atomic E-state index is 0.247. The van der Waals surface area contributed by atoms with E-state index in [4.69, 9.17) is 9.47 Å². The monoisotopic (exact) mass is 248 g/mol. The summed E-state index contributed by atoms with van der Waals surface area (Å²) in [5, 5.41) is 0. The minimum Gasteiger partial charge on any atom is -0.462 e. The molecule has 0 aliphatic carbocycles. The van der Waals surface area contributed by atoms with Crippen molar-refractivity contribution in [2.24, 2.45) is 0 Å². The molecule has 0 N–H and O–H groups in total. The second-order valence-corrected chi connectivity index (χ2v) is 4.59. The standard InChI is InChI=1S/C15H20O3/c1-2-17-15(16)13-8-5-12(6-9-13)7-10-14-4-3-11-18-14/h5-6,8-9,14H,2-4,7,10-11H2,1H3/t14-/m0/s1. The van der Waals surface area contributed by atoms with Crippen molar-refractivity contribution in [1.82, 2.24) is 0 Å². The summed E-state index contributed by atoms with van der Waals surface area (Å²) in [6.07, 6.45) is 4.87. The van der Waals surface area contributed by atoms with E-state index in [-0.39, 0.29) is 5.97 Å². The number of carbonyl (C=O) groups is 1. The molecule has 3 nitrogen and oxygen atoms in total. The van der Waals surface area contributed by atoms with Gasteiger partial charge in [0.2, 0.25) is 0 Å². The zero-order valence-electron chi connectivity index (χ0n) is 10.9. The molecular weight excluding hydrogens is 228 g/mol. The van der Waals surface area contributed by atoms with Crippen LogP contribution >= 0.6 is 0 Å². The number of aryl methyl sites for hydroxylation is 1. The Morgan fingerprint density at radius 2 is 2.17 bits per heavy atom. The van der Waals surface area contributed by atoms with Gasteiger partial charge in [-0.25, -0.2) is 4.79 Å². The Bertz CT molecular complexity index is 377. The van der Waals surface area contributed by atoms with Crippen molar-refractivity contribution in [2.45, 2.75) is 38.7 Å². The lowest BCUT2D eigenvalue weighted by molar-refractivity contribution is 0.0526. The first-order valence-corrected chi connectivity index (χ1v) is 6.67. The number of ether oxygens (including phenoxy) is 2. The molecule has 0 bridgehead atoms. The summed E-state index contributed by atoms with van der Waals surface area (Å²) in [7, 11) is 0. The van der Waals surface area contributed by atoms with Crippen molar-refractivity contribution in [3.63, 3.8) is 0 Å². The molecule has 1 aromatic rings. The van der Waals surface area contributed by atoms with Crippen LogP contribution in [-0.4, -0.2) is 25.3 Å². The van der Waals surface area contributed by atoms with Gasteiger partial charge in [-0.1, -0.05) is 12.1 Å². The number of rotatable bonds is 5. The van der Waals surface area contributed by atoms with Gasteiger partial charge in [-0.15, -0.1) is 0 Å². The van der Waals surface area contributed by atoms with E-state index in [0.717, 1.165) is 19.4 Å². The van der Waals surface area contributed by atoms with E-state index in [0.29, 0.717) is 18.3 Å². The van der Waals surface area contributed by atoms with Gasteiger partial charge in [0.05, 0.1) is 18.3 Å².